The first-order valence-electron chi connectivity index (χ1n) is 6.64. The van der Waals surface area contributed by atoms with Crippen molar-refractivity contribution in [2.45, 2.75) is 46.2 Å². The summed E-state index contributed by atoms with van der Waals surface area (Å²) in [6.07, 6.45) is 3.54. The summed E-state index contributed by atoms with van der Waals surface area (Å²) in [6, 6.07) is -0.861. The fourth-order valence-corrected chi connectivity index (χ4v) is 1.87. The molecule has 0 fully saturated rings. The minimum atomic E-state index is -1.15. The molecule has 0 rings (SSSR count). The Morgan fingerprint density at radius 3 is 2.24 bits per heavy atom. The molecule has 6 nitrogen and oxygen atoms in total. The maximum absolute atomic E-state index is 12.3. The average molecular weight is 295 g/mol. The Hall–Kier alpha value is -2.24. The van der Waals surface area contributed by atoms with Gasteiger partial charge in [-0.25, -0.2) is 4.79 Å². The van der Waals surface area contributed by atoms with Crippen LogP contribution in [0.4, 0.5) is 4.79 Å². The lowest BCUT2D eigenvalue weighted by Crippen LogP contribution is -2.55. The number of nitrogens with one attached hydrogen (secondary N) is 1. The van der Waals surface area contributed by atoms with E-state index < -0.39 is 23.6 Å². The van der Waals surface area contributed by atoms with Crippen LogP contribution in [-0.2, 0) is 4.79 Å². The second kappa shape index (κ2) is 7.52. The third-order valence-electron chi connectivity index (χ3n) is 2.86. The summed E-state index contributed by atoms with van der Waals surface area (Å²) in [5.41, 5.74) is 5.85. The summed E-state index contributed by atoms with van der Waals surface area (Å²) < 4.78 is 0. The van der Waals surface area contributed by atoms with Crippen LogP contribution in [-0.4, -0.2) is 33.6 Å². The Bertz CT molecular complexity index is 473. The van der Waals surface area contributed by atoms with Crippen molar-refractivity contribution in [1.29, 1.82) is 0 Å². The molecule has 0 aromatic carbocycles. The molecule has 0 aliphatic heterocycles. The molecule has 21 heavy (non-hydrogen) atoms. The molecule has 2 amide bonds. The van der Waals surface area contributed by atoms with Crippen LogP contribution in [0.15, 0.2) is 36.2 Å². The van der Waals surface area contributed by atoms with Gasteiger partial charge in [0.2, 0.25) is 5.91 Å². The fraction of sp³-hybridized carbons (Fsp3) is 0.467. The first-order valence-corrected chi connectivity index (χ1v) is 6.64. The van der Waals surface area contributed by atoms with Crippen LogP contribution in [0.3, 0.4) is 0 Å². The predicted molar refractivity (Wildman–Crippen MR) is 83.4 cm³/mol. The number of carboxylic acid groups (broad SMARTS) is 1. The van der Waals surface area contributed by atoms with Gasteiger partial charge in [-0.2, -0.15) is 0 Å². The van der Waals surface area contributed by atoms with Crippen molar-refractivity contribution in [3.05, 3.63) is 36.2 Å². The van der Waals surface area contributed by atoms with Gasteiger partial charge in [0.15, 0.2) is 0 Å². The van der Waals surface area contributed by atoms with Crippen LogP contribution in [0, 0.1) is 0 Å². The molecule has 1 atom stereocenters. The Kier molecular flexibility index (Phi) is 6.72. The van der Waals surface area contributed by atoms with Crippen LogP contribution < -0.4 is 11.1 Å². The Balaban J connectivity index is 5.29. The molecule has 0 aromatic heterocycles. The van der Waals surface area contributed by atoms with Gasteiger partial charge in [-0.1, -0.05) is 18.7 Å². The SMILES string of the molecule is C=CC=C(NC(=O)C(C)N(C(=O)O)C(C)(C)C)C(N)=CC. The van der Waals surface area contributed by atoms with Gasteiger partial charge in [0.25, 0.3) is 0 Å². The van der Waals surface area contributed by atoms with Gasteiger partial charge in [-0.05, 0) is 40.7 Å². The van der Waals surface area contributed by atoms with Crippen molar-refractivity contribution in [3.63, 3.8) is 0 Å². The van der Waals surface area contributed by atoms with Crippen molar-refractivity contribution in [1.82, 2.24) is 10.2 Å². The molecule has 0 saturated carbocycles. The Labute approximate surface area is 126 Å². The molecule has 1 unspecified atom stereocenters. The lowest BCUT2D eigenvalue weighted by atomic mass is 10.0. The van der Waals surface area contributed by atoms with Gasteiger partial charge in [-0.15, -0.1) is 0 Å². The van der Waals surface area contributed by atoms with E-state index in [1.807, 2.05) is 0 Å². The molecular formula is C15H25N3O3. The van der Waals surface area contributed by atoms with Gasteiger partial charge in [-0.3, -0.25) is 9.69 Å². The van der Waals surface area contributed by atoms with Crippen molar-refractivity contribution < 1.29 is 14.7 Å². The molecule has 0 heterocycles. The van der Waals surface area contributed by atoms with Crippen LogP contribution >= 0.6 is 0 Å². The standard InChI is InChI=1S/C15H25N3O3/c1-7-9-12(11(16)8-2)17-13(19)10(3)18(14(20)21)15(4,5)6/h7-10H,1,16H2,2-6H3,(H,17,19)(H,20,21). The maximum atomic E-state index is 12.3. The topological polar surface area (TPSA) is 95.7 Å². The zero-order valence-corrected chi connectivity index (χ0v) is 13.3. The molecule has 0 aromatic rings. The van der Waals surface area contributed by atoms with Crippen LogP contribution in [0.25, 0.3) is 0 Å². The maximum Gasteiger partial charge on any atom is 0.408 e. The number of carbonyl (C=O) groups excluding carboxylic acids is 1. The number of rotatable bonds is 5. The Morgan fingerprint density at radius 2 is 1.90 bits per heavy atom. The van der Waals surface area contributed by atoms with Crippen molar-refractivity contribution in [2.24, 2.45) is 5.73 Å². The first-order chi connectivity index (χ1) is 9.56. The van der Waals surface area contributed by atoms with E-state index >= 15 is 0 Å². The highest BCUT2D eigenvalue weighted by Crippen LogP contribution is 2.18. The second-order valence-electron chi connectivity index (χ2n) is 5.55. The summed E-state index contributed by atoms with van der Waals surface area (Å²) in [5, 5.41) is 11.9. The summed E-state index contributed by atoms with van der Waals surface area (Å²) in [7, 11) is 0. The normalized spacial score (nSPS) is 14.3. The third kappa shape index (κ3) is 5.33. The van der Waals surface area contributed by atoms with E-state index in [1.165, 1.54) is 13.0 Å². The lowest BCUT2D eigenvalue weighted by molar-refractivity contribution is -0.126. The first kappa shape index (κ1) is 18.8. The number of nitrogens with zero attached hydrogens (tertiary/aromatic N) is 1. The van der Waals surface area contributed by atoms with E-state index in [0.717, 1.165) is 4.90 Å². The number of allylic oxidation sites excluding steroid dienone is 3. The highest BCUT2D eigenvalue weighted by Gasteiger charge is 2.34. The van der Waals surface area contributed by atoms with Gasteiger partial charge < -0.3 is 16.2 Å². The van der Waals surface area contributed by atoms with E-state index in [2.05, 4.69) is 11.9 Å². The predicted octanol–water partition coefficient (Wildman–Crippen LogP) is 2.20. The zero-order valence-electron chi connectivity index (χ0n) is 13.3. The molecule has 6 heteroatoms. The summed E-state index contributed by atoms with van der Waals surface area (Å²) in [6.45, 7) is 12.0. The quantitative estimate of drug-likeness (QED) is 0.677. The van der Waals surface area contributed by atoms with Crippen molar-refractivity contribution >= 4 is 12.0 Å². The van der Waals surface area contributed by atoms with E-state index in [-0.39, 0.29) is 0 Å². The smallest absolute Gasteiger partial charge is 0.408 e. The van der Waals surface area contributed by atoms with Gasteiger partial charge in [0, 0.05) is 5.54 Å². The molecular weight excluding hydrogens is 270 g/mol. The summed E-state index contributed by atoms with van der Waals surface area (Å²) >= 11 is 0. The monoisotopic (exact) mass is 295 g/mol. The second-order valence-corrected chi connectivity index (χ2v) is 5.55. The number of carbonyl (C=O) groups is 2. The molecule has 0 saturated heterocycles. The molecule has 118 valence electrons. The third-order valence-corrected chi connectivity index (χ3v) is 2.86. The fourth-order valence-electron chi connectivity index (χ4n) is 1.87. The molecule has 0 bridgehead atoms. The summed E-state index contributed by atoms with van der Waals surface area (Å²) in [4.78, 5) is 24.7. The number of nitrogens with two attached hydrogens (primary N) is 1. The van der Waals surface area contributed by atoms with E-state index in [4.69, 9.17) is 5.73 Å². The molecule has 0 spiro atoms. The number of hydrogen-bond donors (Lipinski definition) is 3. The van der Waals surface area contributed by atoms with Crippen LogP contribution in [0.5, 0.6) is 0 Å². The van der Waals surface area contributed by atoms with Crippen molar-refractivity contribution in [2.75, 3.05) is 0 Å². The van der Waals surface area contributed by atoms with Crippen LogP contribution in [0.2, 0.25) is 0 Å². The zero-order chi connectivity index (χ0) is 16.8. The van der Waals surface area contributed by atoms with E-state index in [0.29, 0.717) is 11.4 Å². The molecule has 0 aliphatic rings. The van der Waals surface area contributed by atoms with Crippen LogP contribution in [0.1, 0.15) is 34.6 Å². The van der Waals surface area contributed by atoms with Crippen molar-refractivity contribution in [3.8, 4) is 0 Å². The van der Waals surface area contributed by atoms with Gasteiger partial charge in [0.1, 0.15) is 6.04 Å². The molecule has 0 aliphatic carbocycles. The molecule has 4 N–H and O–H groups in total. The minimum Gasteiger partial charge on any atom is -0.465 e. The van der Waals surface area contributed by atoms with Gasteiger partial charge in [0.05, 0.1) is 11.4 Å². The van der Waals surface area contributed by atoms with Gasteiger partial charge >= 0.3 is 6.09 Å². The average Bonchev–Trinajstić information content (AvgIpc) is 2.34. The lowest BCUT2D eigenvalue weighted by Gasteiger charge is -2.37. The Morgan fingerprint density at radius 1 is 1.38 bits per heavy atom. The number of amides is 2. The molecule has 0 radical (unpaired) electrons. The highest BCUT2D eigenvalue weighted by atomic mass is 16.4. The van der Waals surface area contributed by atoms with E-state index in [9.17, 15) is 14.7 Å². The highest BCUT2D eigenvalue weighted by molar-refractivity contribution is 5.87. The number of hydrogen-bond acceptors (Lipinski definition) is 3. The summed E-state index contributed by atoms with van der Waals surface area (Å²) in [5.74, 6) is -0.453. The minimum absolute atomic E-state index is 0.382. The van der Waals surface area contributed by atoms with E-state index in [1.54, 1.807) is 39.8 Å². The largest absolute Gasteiger partial charge is 0.465 e.